The van der Waals surface area contributed by atoms with E-state index in [1.54, 1.807) is 11.3 Å². The van der Waals surface area contributed by atoms with Gasteiger partial charge in [0.05, 0.1) is 11.1 Å². The third-order valence-electron chi connectivity index (χ3n) is 3.31. The lowest BCUT2D eigenvalue weighted by atomic mass is 10.2. The standard InChI is InChI=1S/C15H16ClN3S/c1-9-7-18-15(20-9)10(2)17-8-13-14(16)11-5-3-4-6-12(11)19-13/h3-7,10,17,19H,8H2,1-2H3. The molecule has 2 N–H and O–H groups in total. The largest absolute Gasteiger partial charge is 0.356 e. The van der Waals surface area contributed by atoms with E-state index >= 15 is 0 Å². The molecule has 1 atom stereocenters. The van der Waals surface area contributed by atoms with Crippen LogP contribution in [0.1, 0.15) is 28.5 Å². The van der Waals surface area contributed by atoms with Crippen LogP contribution >= 0.6 is 22.9 Å². The molecule has 0 spiro atoms. The Morgan fingerprint density at radius 2 is 2.20 bits per heavy atom. The molecule has 1 aromatic carbocycles. The molecule has 0 aliphatic rings. The number of aromatic nitrogens is 2. The van der Waals surface area contributed by atoms with Gasteiger partial charge in [-0.3, -0.25) is 0 Å². The Bertz CT molecular complexity index is 732. The molecule has 2 heterocycles. The summed E-state index contributed by atoms with van der Waals surface area (Å²) in [7, 11) is 0. The maximum absolute atomic E-state index is 6.41. The smallest absolute Gasteiger partial charge is 0.109 e. The van der Waals surface area contributed by atoms with Gasteiger partial charge in [-0.05, 0) is 19.9 Å². The molecule has 5 heteroatoms. The summed E-state index contributed by atoms with van der Waals surface area (Å²) in [4.78, 5) is 9.00. The summed E-state index contributed by atoms with van der Waals surface area (Å²) >= 11 is 8.13. The van der Waals surface area contributed by atoms with E-state index in [9.17, 15) is 0 Å². The first-order valence-electron chi connectivity index (χ1n) is 6.56. The fourth-order valence-electron chi connectivity index (χ4n) is 2.20. The number of hydrogen-bond donors (Lipinski definition) is 2. The topological polar surface area (TPSA) is 40.7 Å². The number of para-hydroxylation sites is 1. The second kappa shape index (κ2) is 5.56. The average molecular weight is 306 g/mol. The van der Waals surface area contributed by atoms with Gasteiger partial charge in [-0.2, -0.15) is 0 Å². The number of nitrogens with zero attached hydrogens (tertiary/aromatic N) is 1. The number of thiazole rings is 1. The monoisotopic (exact) mass is 305 g/mol. The van der Waals surface area contributed by atoms with Gasteiger partial charge in [-0.25, -0.2) is 4.98 Å². The van der Waals surface area contributed by atoms with Crippen molar-refractivity contribution in [3.63, 3.8) is 0 Å². The zero-order chi connectivity index (χ0) is 14.1. The van der Waals surface area contributed by atoms with Gasteiger partial charge in [0.25, 0.3) is 0 Å². The zero-order valence-electron chi connectivity index (χ0n) is 11.4. The highest BCUT2D eigenvalue weighted by Crippen LogP contribution is 2.27. The van der Waals surface area contributed by atoms with E-state index in [2.05, 4.69) is 29.1 Å². The molecule has 0 aliphatic carbocycles. The summed E-state index contributed by atoms with van der Waals surface area (Å²) in [6.07, 6.45) is 1.91. The number of rotatable bonds is 4. The Balaban J connectivity index is 1.75. The van der Waals surface area contributed by atoms with Crippen LogP contribution in [0.2, 0.25) is 5.02 Å². The number of aryl methyl sites for hydroxylation is 1. The fourth-order valence-corrected chi connectivity index (χ4v) is 3.28. The summed E-state index contributed by atoms with van der Waals surface area (Å²) in [6, 6.07) is 8.30. The number of benzene rings is 1. The minimum absolute atomic E-state index is 0.219. The van der Waals surface area contributed by atoms with Crippen LogP contribution in [0.15, 0.2) is 30.5 Å². The third kappa shape index (κ3) is 2.59. The maximum Gasteiger partial charge on any atom is 0.109 e. The van der Waals surface area contributed by atoms with Gasteiger partial charge < -0.3 is 10.3 Å². The van der Waals surface area contributed by atoms with Crippen LogP contribution in [0.4, 0.5) is 0 Å². The molecule has 3 aromatic rings. The van der Waals surface area contributed by atoms with Crippen molar-refractivity contribution in [1.29, 1.82) is 0 Å². The Morgan fingerprint density at radius 1 is 1.40 bits per heavy atom. The SMILES string of the molecule is Cc1cnc(C(C)NCc2[nH]c3ccccc3c2Cl)s1. The van der Waals surface area contributed by atoms with Crippen LogP contribution in [0.3, 0.4) is 0 Å². The molecule has 20 heavy (non-hydrogen) atoms. The first kappa shape index (κ1) is 13.6. The van der Waals surface area contributed by atoms with Gasteiger partial charge in [0, 0.05) is 34.2 Å². The molecule has 0 saturated carbocycles. The fraction of sp³-hybridized carbons (Fsp3) is 0.267. The summed E-state index contributed by atoms with van der Waals surface area (Å²) in [6.45, 7) is 4.89. The molecule has 1 unspecified atom stereocenters. The van der Waals surface area contributed by atoms with Gasteiger partial charge in [-0.15, -0.1) is 11.3 Å². The quantitative estimate of drug-likeness (QED) is 0.748. The van der Waals surface area contributed by atoms with E-state index in [1.165, 1.54) is 4.88 Å². The van der Waals surface area contributed by atoms with Gasteiger partial charge >= 0.3 is 0 Å². The number of hydrogen-bond acceptors (Lipinski definition) is 3. The second-order valence-corrected chi connectivity index (χ2v) is 6.52. The molecule has 3 nitrogen and oxygen atoms in total. The van der Waals surface area contributed by atoms with Crippen molar-refractivity contribution in [3.8, 4) is 0 Å². The average Bonchev–Trinajstić information content (AvgIpc) is 3.01. The van der Waals surface area contributed by atoms with Crippen LogP contribution in [-0.2, 0) is 6.54 Å². The number of H-pyrrole nitrogens is 1. The van der Waals surface area contributed by atoms with E-state index in [1.807, 2.05) is 30.5 Å². The Kier molecular flexibility index (Phi) is 3.78. The maximum atomic E-state index is 6.41. The Labute approximate surface area is 127 Å². The molecule has 3 rings (SSSR count). The molecule has 0 fully saturated rings. The van der Waals surface area contributed by atoms with Crippen molar-refractivity contribution in [3.05, 3.63) is 51.1 Å². The lowest BCUT2D eigenvalue weighted by Crippen LogP contribution is -2.18. The molecular formula is C15H16ClN3S. The number of fused-ring (bicyclic) bond motifs is 1. The van der Waals surface area contributed by atoms with Crippen molar-refractivity contribution >= 4 is 33.8 Å². The van der Waals surface area contributed by atoms with Gasteiger partial charge in [-0.1, -0.05) is 29.8 Å². The molecule has 2 aromatic heterocycles. The lowest BCUT2D eigenvalue weighted by Gasteiger charge is -2.10. The van der Waals surface area contributed by atoms with E-state index < -0.39 is 0 Å². The van der Waals surface area contributed by atoms with Crippen molar-refractivity contribution in [2.75, 3.05) is 0 Å². The summed E-state index contributed by atoms with van der Waals surface area (Å²) in [5.74, 6) is 0. The molecule has 0 aliphatic heterocycles. The van der Waals surface area contributed by atoms with Crippen LogP contribution in [-0.4, -0.2) is 9.97 Å². The predicted octanol–water partition coefficient (Wildman–Crippen LogP) is 4.44. The molecule has 0 saturated heterocycles. The molecule has 0 amide bonds. The second-order valence-electron chi connectivity index (χ2n) is 4.87. The van der Waals surface area contributed by atoms with Crippen molar-refractivity contribution in [1.82, 2.24) is 15.3 Å². The first-order chi connectivity index (χ1) is 9.65. The molecule has 104 valence electrons. The van der Waals surface area contributed by atoms with Crippen molar-refractivity contribution in [2.45, 2.75) is 26.4 Å². The summed E-state index contributed by atoms with van der Waals surface area (Å²) in [5.41, 5.74) is 2.10. The summed E-state index contributed by atoms with van der Waals surface area (Å²) < 4.78 is 0. The highest BCUT2D eigenvalue weighted by Gasteiger charge is 2.12. The molecule has 0 bridgehead atoms. The van der Waals surface area contributed by atoms with Crippen LogP contribution in [0.25, 0.3) is 10.9 Å². The minimum atomic E-state index is 0.219. The van der Waals surface area contributed by atoms with Gasteiger partial charge in [0.2, 0.25) is 0 Å². The van der Waals surface area contributed by atoms with Crippen LogP contribution in [0, 0.1) is 6.92 Å². The highest BCUT2D eigenvalue weighted by molar-refractivity contribution is 7.11. The molecular weight excluding hydrogens is 290 g/mol. The number of aromatic amines is 1. The lowest BCUT2D eigenvalue weighted by molar-refractivity contribution is 0.567. The van der Waals surface area contributed by atoms with Crippen LogP contribution < -0.4 is 5.32 Å². The zero-order valence-corrected chi connectivity index (χ0v) is 13.0. The van der Waals surface area contributed by atoms with Crippen LogP contribution in [0.5, 0.6) is 0 Å². The third-order valence-corrected chi connectivity index (χ3v) is 4.84. The summed E-state index contributed by atoms with van der Waals surface area (Å²) in [5, 5.41) is 6.44. The van der Waals surface area contributed by atoms with Gasteiger partial charge in [0.1, 0.15) is 5.01 Å². The highest BCUT2D eigenvalue weighted by atomic mass is 35.5. The van der Waals surface area contributed by atoms with Gasteiger partial charge in [0.15, 0.2) is 0 Å². The Morgan fingerprint density at radius 3 is 2.90 bits per heavy atom. The first-order valence-corrected chi connectivity index (χ1v) is 7.75. The number of nitrogens with one attached hydrogen (secondary N) is 2. The normalized spacial score (nSPS) is 12.9. The Hall–Kier alpha value is -1.36. The van der Waals surface area contributed by atoms with E-state index in [0.717, 1.165) is 26.6 Å². The van der Waals surface area contributed by atoms with E-state index in [4.69, 9.17) is 11.6 Å². The predicted molar refractivity (Wildman–Crippen MR) is 85.4 cm³/mol. The van der Waals surface area contributed by atoms with Crippen molar-refractivity contribution < 1.29 is 0 Å². The van der Waals surface area contributed by atoms with E-state index in [0.29, 0.717) is 6.54 Å². The van der Waals surface area contributed by atoms with E-state index in [-0.39, 0.29) is 6.04 Å². The number of halogens is 1. The minimum Gasteiger partial charge on any atom is -0.356 e. The molecule has 0 radical (unpaired) electrons. The van der Waals surface area contributed by atoms with Crippen molar-refractivity contribution in [2.24, 2.45) is 0 Å².